The van der Waals surface area contributed by atoms with Gasteiger partial charge in [-0.05, 0) is 48.4 Å². The van der Waals surface area contributed by atoms with Crippen molar-refractivity contribution < 1.29 is 5.11 Å². The highest BCUT2D eigenvalue weighted by molar-refractivity contribution is 9.10. The van der Waals surface area contributed by atoms with E-state index in [0.29, 0.717) is 0 Å². The third-order valence-corrected chi connectivity index (χ3v) is 4.66. The largest absolute Gasteiger partial charge is 0.390 e. The number of hydrogen-bond acceptors (Lipinski definition) is 2. The lowest BCUT2D eigenvalue weighted by Gasteiger charge is -2.36. The van der Waals surface area contributed by atoms with E-state index in [-0.39, 0.29) is 5.41 Å². The van der Waals surface area contributed by atoms with E-state index in [2.05, 4.69) is 48.5 Å². The smallest absolute Gasteiger partial charge is 0.0650 e. The van der Waals surface area contributed by atoms with Gasteiger partial charge < -0.3 is 5.11 Å². The predicted molar refractivity (Wildman–Crippen MR) is 84.6 cm³/mol. The maximum absolute atomic E-state index is 10.5. The van der Waals surface area contributed by atoms with E-state index >= 15 is 0 Å². The minimum Gasteiger partial charge on any atom is -0.390 e. The van der Waals surface area contributed by atoms with E-state index in [1.165, 1.54) is 5.56 Å². The average Bonchev–Trinajstić information content (AvgIpc) is 2.31. The van der Waals surface area contributed by atoms with Gasteiger partial charge in [0.2, 0.25) is 0 Å². The molecule has 0 aliphatic rings. The van der Waals surface area contributed by atoms with E-state index in [9.17, 15) is 5.11 Å². The summed E-state index contributed by atoms with van der Waals surface area (Å²) >= 11 is 8.05. The summed E-state index contributed by atoms with van der Waals surface area (Å²) in [7, 11) is 0. The molecule has 0 aromatic heterocycles. The van der Waals surface area contributed by atoms with E-state index < -0.39 is 5.60 Å². The van der Waals surface area contributed by atoms with Crippen LogP contribution in [0.5, 0.6) is 0 Å². The van der Waals surface area contributed by atoms with Gasteiger partial charge in [0, 0.05) is 9.37 Å². The number of halogens is 1. The summed E-state index contributed by atoms with van der Waals surface area (Å²) in [4.78, 5) is 0.984. The van der Waals surface area contributed by atoms with E-state index in [4.69, 9.17) is 0 Å². The molecule has 0 spiro atoms. The minimum absolute atomic E-state index is 0.0956. The summed E-state index contributed by atoms with van der Waals surface area (Å²) in [5.41, 5.74) is 0.494. The van der Waals surface area contributed by atoms with Crippen LogP contribution in [0.15, 0.2) is 27.6 Å². The fourth-order valence-corrected chi connectivity index (χ4v) is 3.27. The van der Waals surface area contributed by atoms with Gasteiger partial charge in [0.05, 0.1) is 5.60 Å². The molecule has 0 saturated carbocycles. The summed E-state index contributed by atoms with van der Waals surface area (Å²) in [6.45, 7) is 8.43. The average molecular weight is 331 g/mol. The number of rotatable bonds is 5. The molecule has 1 aromatic rings. The third kappa shape index (κ3) is 3.75. The standard InChI is InChI=1S/C15H23BrOS/c1-5-15(17,6-2)10-14(3,4)12-9-11(16)7-8-13(12)18/h7-9,17-18H,5-6,10H2,1-4H3. The Kier molecular flexibility index (Phi) is 5.33. The minimum atomic E-state index is -0.591. The normalized spacial score (nSPS) is 12.8. The second-order valence-corrected chi connectivity index (χ2v) is 7.05. The molecular formula is C15H23BrOS. The molecule has 0 atom stereocenters. The van der Waals surface area contributed by atoms with Crippen LogP contribution >= 0.6 is 28.6 Å². The zero-order valence-electron chi connectivity index (χ0n) is 11.6. The third-order valence-electron chi connectivity index (χ3n) is 3.77. The summed E-state index contributed by atoms with van der Waals surface area (Å²) in [6, 6.07) is 6.10. The van der Waals surface area contributed by atoms with Crippen molar-refractivity contribution in [2.24, 2.45) is 0 Å². The van der Waals surface area contributed by atoms with Gasteiger partial charge in [-0.15, -0.1) is 12.6 Å². The van der Waals surface area contributed by atoms with Crippen LogP contribution in [0.25, 0.3) is 0 Å². The van der Waals surface area contributed by atoms with E-state index in [0.717, 1.165) is 28.6 Å². The lowest BCUT2D eigenvalue weighted by atomic mass is 9.73. The van der Waals surface area contributed by atoms with Gasteiger partial charge >= 0.3 is 0 Å². The molecule has 0 heterocycles. The predicted octanol–water partition coefficient (Wildman–Crippen LogP) is 4.96. The Morgan fingerprint density at radius 2 is 1.78 bits per heavy atom. The van der Waals surface area contributed by atoms with Crippen molar-refractivity contribution in [2.45, 2.75) is 62.9 Å². The molecule has 0 unspecified atom stereocenters. The van der Waals surface area contributed by atoms with Crippen molar-refractivity contribution in [3.63, 3.8) is 0 Å². The quantitative estimate of drug-likeness (QED) is 0.731. The molecule has 0 fully saturated rings. The second-order valence-electron chi connectivity index (χ2n) is 5.65. The summed E-state index contributed by atoms with van der Waals surface area (Å²) in [5, 5.41) is 10.5. The molecule has 1 N–H and O–H groups in total. The van der Waals surface area contributed by atoms with Crippen LogP contribution in [-0.4, -0.2) is 10.7 Å². The number of thiol groups is 1. The van der Waals surface area contributed by atoms with Crippen LogP contribution < -0.4 is 0 Å². The Morgan fingerprint density at radius 1 is 1.22 bits per heavy atom. The van der Waals surface area contributed by atoms with Crippen LogP contribution in [0.4, 0.5) is 0 Å². The van der Waals surface area contributed by atoms with Crippen LogP contribution in [0.3, 0.4) is 0 Å². The first-order chi connectivity index (χ1) is 8.24. The second kappa shape index (κ2) is 5.98. The molecule has 3 heteroatoms. The monoisotopic (exact) mass is 330 g/mol. The van der Waals surface area contributed by atoms with Gasteiger partial charge in [0.1, 0.15) is 0 Å². The van der Waals surface area contributed by atoms with Crippen molar-refractivity contribution in [3.05, 3.63) is 28.2 Å². The van der Waals surface area contributed by atoms with E-state index in [1.54, 1.807) is 0 Å². The van der Waals surface area contributed by atoms with Gasteiger partial charge in [-0.3, -0.25) is 0 Å². The molecule has 1 aromatic carbocycles. The van der Waals surface area contributed by atoms with Gasteiger partial charge in [-0.2, -0.15) is 0 Å². The zero-order chi connectivity index (χ0) is 14.0. The van der Waals surface area contributed by atoms with Crippen LogP contribution in [0.2, 0.25) is 0 Å². The SMILES string of the molecule is CCC(O)(CC)CC(C)(C)c1cc(Br)ccc1S. The van der Waals surface area contributed by atoms with E-state index in [1.807, 2.05) is 26.0 Å². The number of aliphatic hydroxyl groups is 1. The van der Waals surface area contributed by atoms with Gasteiger partial charge in [-0.1, -0.05) is 43.6 Å². The van der Waals surface area contributed by atoms with Crippen molar-refractivity contribution in [3.8, 4) is 0 Å². The summed E-state index contributed by atoms with van der Waals surface area (Å²) < 4.78 is 1.06. The molecule has 0 aliphatic carbocycles. The van der Waals surface area contributed by atoms with Crippen molar-refractivity contribution in [2.75, 3.05) is 0 Å². The number of hydrogen-bond donors (Lipinski definition) is 2. The number of benzene rings is 1. The first-order valence-corrected chi connectivity index (χ1v) is 7.69. The fraction of sp³-hybridized carbons (Fsp3) is 0.600. The molecule has 1 rings (SSSR count). The lowest BCUT2D eigenvalue weighted by molar-refractivity contribution is 0.00535. The van der Waals surface area contributed by atoms with Crippen LogP contribution in [0.1, 0.15) is 52.5 Å². The van der Waals surface area contributed by atoms with Crippen molar-refractivity contribution in [1.29, 1.82) is 0 Å². The first kappa shape index (κ1) is 16.1. The summed E-state index contributed by atoms with van der Waals surface area (Å²) in [5.74, 6) is 0. The maximum Gasteiger partial charge on any atom is 0.0650 e. The summed E-state index contributed by atoms with van der Waals surface area (Å²) in [6.07, 6.45) is 2.31. The molecule has 0 bridgehead atoms. The zero-order valence-corrected chi connectivity index (χ0v) is 14.1. The Bertz CT molecular complexity index is 411. The molecule has 102 valence electrons. The Hall–Kier alpha value is 0.01000. The van der Waals surface area contributed by atoms with Crippen molar-refractivity contribution in [1.82, 2.24) is 0 Å². The first-order valence-electron chi connectivity index (χ1n) is 6.45. The Labute approximate surface area is 125 Å². The highest BCUT2D eigenvalue weighted by Crippen LogP contribution is 2.39. The van der Waals surface area contributed by atoms with Gasteiger partial charge in [0.25, 0.3) is 0 Å². The Morgan fingerprint density at radius 3 is 2.28 bits per heavy atom. The molecule has 1 nitrogen and oxygen atoms in total. The molecular weight excluding hydrogens is 308 g/mol. The highest BCUT2D eigenvalue weighted by atomic mass is 79.9. The fourth-order valence-electron chi connectivity index (χ4n) is 2.47. The topological polar surface area (TPSA) is 20.2 Å². The molecule has 0 saturated heterocycles. The molecule has 0 amide bonds. The maximum atomic E-state index is 10.5. The van der Waals surface area contributed by atoms with Crippen molar-refractivity contribution >= 4 is 28.6 Å². The van der Waals surface area contributed by atoms with Gasteiger partial charge in [0.15, 0.2) is 0 Å². The Balaban J connectivity index is 3.09. The lowest BCUT2D eigenvalue weighted by Crippen LogP contribution is -2.35. The van der Waals surface area contributed by atoms with Gasteiger partial charge in [-0.25, -0.2) is 0 Å². The highest BCUT2D eigenvalue weighted by Gasteiger charge is 2.33. The van der Waals surface area contributed by atoms with Crippen LogP contribution in [0, 0.1) is 0 Å². The van der Waals surface area contributed by atoms with Crippen LogP contribution in [-0.2, 0) is 5.41 Å². The molecule has 18 heavy (non-hydrogen) atoms. The molecule has 0 aliphatic heterocycles. The molecule has 0 radical (unpaired) electrons.